The van der Waals surface area contributed by atoms with Crippen molar-refractivity contribution in [2.75, 3.05) is 4.90 Å². The van der Waals surface area contributed by atoms with E-state index < -0.39 is 23.9 Å². The number of aromatic nitrogens is 2. The molecular weight excluding hydrogens is 410 g/mol. The molecule has 1 fully saturated rings. The Bertz CT molecular complexity index is 1370. The van der Waals surface area contributed by atoms with Crippen LogP contribution in [-0.2, 0) is 21.7 Å². The Morgan fingerprint density at radius 1 is 1.12 bits per heavy atom. The molecule has 3 N–H and O–H groups in total. The van der Waals surface area contributed by atoms with Gasteiger partial charge in [-0.1, -0.05) is 30.3 Å². The highest BCUT2D eigenvalue weighted by atomic mass is 16.3. The van der Waals surface area contributed by atoms with E-state index in [4.69, 9.17) is 0 Å². The van der Waals surface area contributed by atoms with Gasteiger partial charge < -0.3 is 10.4 Å². The lowest BCUT2D eigenvalue weighted by Crippen LogP contribution is -2.53. The quantitative estimate of drug-likeness (QED) is 0.545. The van der Waals surface area contributed by atoms with Crippen molar-refractivity contribution in [1.29, 1.82) is 0 Å². The Morgan fingerprint density at radius 2 is 1.88 bits per heavy atom. The van der Waals surface area contributed by atoms with Crippen molar-refractivity contribution in [3.8, 4) is 0 Å². The van der Waals surface area contributed by atoms with Crippen LogP contribution in [0.1, 0.15) is 30.8 Å². The molecule has 2 aromatic carbocycles. The molecule has 3 aliphatic heterocycles. The number of anilines is 1. The number of hydrogen-bond donors (Lipinski definition) is 3. The number of rotatable bonds is 2. The molecule has 0 spiro atoms. The third kappa shape index (κ3) is 2.40. The van der Waals surface area contributed by atoms with Gasteiger partial charge in [0.2, 0.25) is 11.8 Å². The normalized spacial score (nSPS) is 28.4. The zero-order valence-electron chi connectivity index (χ0n) is 17.3. The molecule has 4 atom stereocenters. The summed E-state index contributed by atoms with van der Waals surface area (Å²) in [5.41, 5.74) is -0.159. The van der Waals surface area contributed by atoms with Crippen LogP contribution in [0.4, 0.5) is 5.69 Å². The number of carbonyl (C=O) groups is 2. The lowest BCUT2D eigenvalue weighted by atomic mass is 9.85. The van der Waals surface area contributed by atoms with E-state index in [2.05, 4.69) is 15.6 Å². The van der Waals surface area contributed by atoms with Crippen molar-refractivity contribution < 1.29 is 14.7 Å². The number of nitrogens with one attached hydrogen (secondary N) is 2. The Balaban J connectivity index is 1.51. The fourth-order valence-electron chi connectivity index (χ4n) is 5.26. The smallest absolute Gasteiger partial charge is 0.262 e. The zero-order valence-corrected chi connectivity index (χ0v) is 17.3. The Labute approximate surface area is 182 Å². The van der Waals surface area contributed by atoms with Crippen LogP contribution in [0.3, 0.4) is 0 Å². The molecule has 0 radical (unpaired) electrons. The predicted octanol–water partition coefficient (Wildman–Crippen LogP) is 0.510. The molecule has 9 heteroatoms. The number of aliphatic hydroxyl groups is 1. The topological polar surface area (TPSA) is 117 Å². The van der Waals surface area contributed by atoms with Crippen LogP contribution in [0.25, 0.3) is 10.9 Å². The minimum atomic E-state index is -1.57. The lowest BCUT2D eigenvalue weighted by molar-refractivity contribution is -0.128. The van der Waals surface area contributed by atoms with Gasteiger partial charge in [0.15, 0.2) is 0 Å². The maximum Gasteiger partial charge on any atom is 0.262 e. The van der Waals surface area contributed by atoms with Crippen LogP contribution < -0.4 is 21.1 Å². The zero-order chi connectivity index (χ0) is 22.2. The molecule has 0 bridgehead atoms. The van der Waals surface area contributed by atoms with Crippen LogP contribution in [0.2, 0.25) is 0 Å². The lowest BCUT2D eigenvalue weighted by Gasteiger charge is -2.36. The van der Waals surface area contributed by atoms with E-state index in [0.717, 1.165) is 0 Å². The molecule has 0 saturated carbocycles. The first-order chi connectivity index (χ1) is 15.4. The molecule has 3 aromatic rings. The van der Waals surface area contributed by atoms with Crippen molar-refractivity contribution in [1.82, 2.24) is 20.2 Å². The fourth-order valence-corrected chi connectivity index (χ4v) is 5.26. The van der Waals surface area contributed by atoms with E-state index >= 15 is 0 Å². The van der Waals surface area contributed by atoms with Gasteiger partial charge >= 0.3 is 0 Å². The maximum absolute atomic E-state index is 13.4. The highest BCUT2D eigenvalue weighted by Crippen LogP contribution is 2.49. The third-order valence-electron chi connectivity index (χ3n) is 6.78. The number of hydrogen-bond acceptors (Lipinski definition) is 6. The van der Waals surface area contributed by atoms with Crippen molar-refractivity contribution in [2.45, 2.75) is 43.7 Å². The van der Waals surface area contributed by atoms with Crippen molar-refractivity contribution >= 4 is 28.4 Å². The van der Waals surface area contributed by atoms with Gasteiger partial charge in [-0.05, 0) is 25.1 Å². The number of fused-ring (bicyclic) bond motifs is 5. The second kappa shape index (κ2) is 6.47. The van der Waals surface area contributed by atoms with Crippen molar-refractivity contribution in [3.05, 3.63) is 70.3 Å². The molecule has 6 rings (SSSR count). The first kappa shape index (κ1) is 19.1. The van der Waals surface area contributed by atoms with E-state index in [-0.39, 0.29) is 30.3 Å². The summed E-state index contributed by atoms with van der Waals surface area (Å²) >= 11 is 0. The largest absolute Gasteiger partial charge is 0.381 e. The van der Waals surface area contributed by atoms with Crippen molar-refractivity contribution in [3.63, 3.8) is 0 Å². The monoisotopic (exact) mass is 431 g/mol. The number of amides is 2. The van der Waals surface area contributed by atoms with Gasteiger partial charge in [-0.25, -0.2) is 4.98 Å². The molecule has 162 valence electrons. The van der Waals surface area contributed by atoms with Gasteiger partial charge in [-0.15, -0.1) is 0 Å². The molecular formula is C23H21N5O4. The highest BCUT2D eigenvalue weighted by Gasteiger charge is 2.58. The highest BCUT2D eigenvalue weighted by molar-refractivity contribution is 6.02. The van der Waals surface area contributed by atoms with Crippen LogP contribution in [0.5, 0.6) is 0 Å². The van der Waals surface area contributed by atoms with E-state index in [1.165, 1.54) is 4.57 Å². The summed E-state index contributed by atoms with van der Waals surface area (Å²) in [7, 11) is 0. The van der Waals surface area contributed by atoms with Gasteiger partial charge in [-0.3, -0.25) is 29.2 Å². The summed E-state index contributed by atoms with van der Waals surface area (Å²) in [6.45, 7) is 1.88. The number of benzene rings is 2. The second-order valence-corrected chi connectivity index (χ2v) is 8.60. The average molecular weight is 431 g/mol. The summed E-state index contributed by atoms with van der Waals surface area (Å²) in [4.78, 5) is 45.3. The standard InChI is InChI=1S/C23H21N5O4/c1-12-20(30)28-16-9-5-3-7-14(16)23(32,22(28)25-12)10-17-19(29)24-11-18-26-15-8-4-2-6-13(15)21(31)27(17)18/h2-9,12,17,22,25,32H,10-11H2,1H3,(H,24,29)/t12-,17-,22+,23+/m0/s1. The Kier molecular flexibility index (Phi) is 3.87. The first-order valence-corrected chi connectivity index (χ1v) is 10.6. The first-order valence-electron chi connectivity index (χ1n) is 10.6. The minimum Gasteiger partial charge on any atom is -0.381 e. The van der Waals surface area contributed by atoms with Crippen LogP contribution in [-0.4, -0.2) is 38.7 Å². The fraction of sp³-hybridized carbons (Fsp3) is 0.304. The van der Waals surface area contributed by atoms with Crippen LogP contribution in [0.15, 0.2) is 53.3 Å². The average Bonchev–Trinajstić information content (AvgIpc) is 3.22. The van der Waals surface area contributed by atoms with Crippen molar-refractivity contribution in [2.24, 2.45) is 0 Å². The van der Waals surface area contributed by atoms with Gasteiger partial charge in [0.1, 0.15) is 23.6 Å². The van der Waals surface area contributed by atoms with Gasteiger partial charge in [0, 0.05) is 12.0 Å². The van der Waals surface area contributed by atoms with Gasteiger partial charge in [0.05, 0.1) is 29.2 Å². The molecule has 1 aromatic heterocycles. The Morgan fingerprint density at radius 3 is 2.72 bits per heavy atom. The number of para-hydroxylation sites is 2. The van der Waals surface area contributed by atoms with Gasteiger partial charge in [-0.2, -0.15) is 0 Å². The maximum atomic E-state index is 13.4. The molecule has 0 unspecified atom stereocenters. The second-order valence-electron chi connectivity index (χ2n) is 8.60. The number of nitrogens with zero attached hydrogens (tertiary/aromatic N) is 3. The minimum absolute atomic E-state index is 0.0864. The van der Waals surface area contributed by atoms with E-state index in [1.54, 1.807) is 60.4 Å². The molecule has 1 saturated heterocycles. The van der Waals surface area contributed by atoms with E-state index in [9.17, 15) is 19.5 Å². The SMILES string of the molecule is C[C@@H]1N[C@@H]2N(C1=O)c1ccccc1[C@]2(O)C[C@H]1C(=O)NCc2nc3ccccc3c(=O)n21. The summed E-state index contributed by atoms with van der Waals surface area (Å²) in [6, 6.07) is 12.7. The molecule has 32 heavy (non-hydrogen) atoms. The predicted molar refractivity (Wildman–Crippen MR) is 116 cm³/mol. The molecule has 2 amide bonds. The van der Waals surface area contributed by atoms with Crippen LogP contribution in [0, 0.1) is 0 Å². The molecule has 9 nitrogen and oxygen atoms in total. The summed E-state index contributed by atoms with van der Waals surface area (Å²) in [6.07, 6.45) is -0.818. The summed E-state index contributed by atoms with van der Waals surface area (Å²) < 4.78 is 1.39. The van der Waals surface area contributed by atoms with E-state index in [0.29, 0.717) is 28.0 Å². The molecule has 3 aliphatic rings. The number of carbonyl (C=O) groups excluding carboxylic acids is 2. The van der Waals surface area contributed by atoms with Gasteiger partial charge in [0.25, 0.3) is 5.56 Å². The third-order valence-corrected chi connectivity index (χ3v) is 6.78. The molecule has 0 aliphatic carbocycles. The summed E-state index contributed by atoms with van der Waals surface area (Å²) in [5.74, 6) is -0.0658. The van der Waals surface area contributed by atoms with Crippen LogP contribution >= 0.6 is 0 Å². The Hall–Kier alpha value is -3.56. The summed E-state index contributed by atoms with van der Waals surface area (Å²) in [5, 5.41) is 18.4. The molecule has 4 heterocycles. The van der Waals surface area contributed by atoms with E-state index in [1.807, 2.05) is 0 Å².